The third-order valence-corrected chi connectivity index (χ3v) is 1.91. The molecule has 0 spiro atoms. The largest absolute Gasteiger partial charge is 0.337 e. The second-order valence-corrected chi connectivity index (χ2v) is 2.72. The van der Waals surface area contributed by atoms with Crippen LogP contribution in [0.3, 0.4) is 0 Å². The first kappa shape index (κ1) is 7.62. The van der Waals surface area contributed by atoms with Crippen LogP contribution in [0, 0.1) is 11.3 Å². The molecule has 0 fully saturated rings. The fraction of sp³-hybridized carbons (Fsp3) is 0.111. The summed E-state index contributed by atoms with van der Waals surface area (Å²) in [7, 11) is 0. The zero-order valence-electron chi connectivity index (χ0n) is 6.94. The molecule has 0 aliphatic heterocycles. The van der Waals surface area contributed by atoms with Gasteiger partial charge in [-0.25, -0.2) is 9.66 Å². The van der Waals surface area contributed by atoms with Gasteiger partial charge in [0.05, 0.1) is 23.5 Å². The summed E-state index contributed by atoms with van der Waals surface area (Å²) in [5.74, 6) is 6.33. The quantitative estimate of drug-likeness (QED) is 0.647. The van der Waals surface area contributed by atoms with E-state index in [2.05, 4.69) is 4.98 Å². The molecule has 2 N–H and O–H groups in total. The van der Waals surface area contributed by atoms with Gasteiger partial charge in [-0.15, -0.1) is 0 Å². The molecule has 1 aromatic carbocycles. The van der Waals surface area contributed by atoms with E-state index in [9.17, 15) is 0 Å². The lowest BCUT2D eigenvalue weighted by Crippen LogP contribution is -2.11. The van der Waals surface area contributed by atoms with E-state index in [-0.39, 0.29) is 6.42 Å². The lowest BCUT2D eigenvalue weighted by Gasteiger charge is -1.95. The van der Waals surface area contributed by atoms with Crippen LogP contribution >= 0.6 is 0 Å². The predicted octanol–water partition coefficient (Wildman–Crippen LogP) is 0.816. The Hall–Kier alpha value is -2.02. The summed E-state index contributed by atoms with van der Waals surface area (Å²) in [6.45, 7) is 0. The van der Waals surface area contributed by atoms with Crippen LogP contribution in [0.25, 0.3) is 11.0 Å². The Kier molecular flexibility index (Phi) is 1.64. The average molecular weight is 172 g/mol. The first-order chi connectivity index (χ1) is 6.33. The molecule has 0 saturated heterocycles. The zero-order valence-corrected chi connectivity index (χ0v) is 6.94. The van der Waals surface area contributed by atoms with Gasteiger partial charge in [0, 0.05) is 0 Å². The minimum atomic E-state index is 0.241. The number of hydrogen-bond acceptors (Lipinski definition) is 3. The van der Waals surface area contributed by atoms with E-state index in [1.807, 2.05) is 30.3 Å². The molecular formula is C9H8N4. The number of rotatable bonds is 1. The van der Waals surface area contributed by atoms with Crippen LogP contribution in [-0.2, 0) is 6.42 Å². The molecule has 4 heteroatoms. The predicted molar refractivity (Wildman–Crippen MR) is 49.2 cm³/mol. The van der Waals surface area contributed by atoms with Gasteiger partial charge < -0.3 is 5.84 Å². The Bertz CT molecular complexity index is 478. The van der Waals surface area contributed by atoms with Crippen molar-refractivity contribution in [3.8, 4) is 6.07 Å². The monoisotopic (exact) mass is 172 g/mol. The maximum atomic E-state index is 8.51. The molecule has 0 saturated carbocycles. The molecule has 0 amide bonds. The van der Waals surface area contributed by atoms with E-state index in [1.165, 1.54) is 4.68 Å². The fourth-order valence-electron chi connectivity index (χ4n) is 1.29. The van der Waals surface area contributed by atoms with E-state index in [0.29, 0.717) is 5.82 Å². The number of imidazole rings is 1. The first-order valence-electron chi connectivity index (χ1n) is 3.91. The van der Waals surface area contributed by atoms with Gasteiger partial charge in [-0.05, 0) is 12.1 Å². The number of hydrogen-bond donors (Lipinski definition) is 1. The van der Waals surface area contributed by atoms with Crippen molar-refractivity contribution in [2.24, 2.45) is 0 Å². The molecule has 13 heavy (non-hydrogen) atoms. The molecule has 2 rings (SSSR count). The standard InChI is InChI=1S/C9H8N4/c10-6-5-9-12-7-3-1-2-4-8(7)13(9)11/h1-4H,5,11H2. The number of nitrogen functional groups attached to an aromatic ring is 1. The first-order valence-corrected chi connectivity index (χ1v) is 3.91. The van der Waals surface area contributed by atoms with E-state index < -0.39 is 0 Å². The van der Waals surface area contributed by atoms with E-state index in [1.54, 1.807) is 0 Å². The van der Waals surface area contributed by atoms with Crippen molar-refractivity contribution < 1.29 is 0 Å². The molecule has 0 aliphatic rings. The van der Waals surface area contributed by atoms with Crippen LogP contribution in [0.5, 0.6) is 0 Å². The second kappa shape index (κ2) is 2.79. The molecule has 0 aliphatic carbocycles. The third kappa shape index (κ3) is 1.11. The van der Waals surface area contributed by atoms with Crippen molar-refractivity contribution in [2.75, 3.05) is 5.84 Å². The molecule has 1 aromatic heterocycles. The molecule has 0 atom stereocenters. The zero-order chi connectivity index (χ0) is 9.26. The lowest BCUT2D eigenvalue weighted by atomic mass is 10.3. The number of nitriles is 1. The van der Waals surface area contributed by atoms with Crippen LogP contribution in [0.2, 0.25) is 0 Å². The lowest BCUT2D eigenvalue weighted by molar-refractivity contribution is 0.916. The van der Waals surface area contributed by atoms with Gasteiger partial charge >= 0.3 is 0 Å². The highest BCUT2D eigenvalue weighted by atomic mass is 15.3. The van der Waals surface area contributed by atoms with Crippen molar-refractivity contribution >= 4 is 11.0 Å². The molecular weight excluding hydrogens is 164 g/mol. The summed E-state index contributed by atoms with van der Waals surface area (Å²) in [5, 5.41) is 8.51. The van der Waals surface area contributed by atoms with Gasteiger partial charge in [0.1, 0.15) is 5.82 Å². The number of nitrogens with two attached hydrogens (primary N) is 1. The highest BCUT2D eigenvalue weighted by Crippen LogP contribution is 2.12. The third-order valence-electron chi connectivity index (χ3n) is 1.91. The van der Waals surface area contributed by atoms with E-state index >= 15 is 0 Å². The summed E-state index contributed by atoms with van der Waals surface area (Å²) in [4.78, 5) is 4.22. The Morgan fingerprint density at radius 3 is 2.92 bits per heavy atom. The Balaban J connectivity index is 2.68. The molecule has 1 heterocycles. The van der Waals surface area contributed by atoms with Crippen molar-refractivity contribution in [3.63, 3.8) is 0 Å². The number of para-hydroxylation sites is 2. The normalized spacial score (nSPS) is 10.1. The average Bonchev–Trinajstić information content (AvgIpc) is 2.46. The van der Waals surface area contributed by atoms with Crippen LogP contribution in [0.4, 0.5) is 0 Å². The Morgan fingerprint density at radius 1 is 1.46 bits per heavy atom. The highest BCUT2D eigenvalue weighted by Gasteiger charge is 2.05. The minimum absolute atomic E-state index is 0.241. The Morgan fingerprint density at radius 2 is 2.23 bits per heavy atom. The van der Waals surface area contributed by atoms with Crippen molar-refractivity contribution in [1.29, 1.82) is 5.26 Å². The molecule has 0 radical (unpaired) electrons. The van der Waals surface area contributed by atoms with Gasteiger partial charge in [-0.3, -0.25) is 0 Å². The molecule has 4 nitrogen and oxygen atoms in total. The van der Waals surface area contributed by atoms with Crippen LogP contribution in [0.15, 0.2) is 24.3 Å². The molecule has 0 unspecified atom stereocenters. The SMILES string of the molecule is N#CCc1nc2ccccc2n1N. The molecule has 0 bridgehead atoms. The van der Waals surface area contributed by atoms with E-state index in [0.717, 1.165) is 11.0 Å². The minimum Gasteiger partial charge on any atom is -0.337 e. The maximum Gasteiger partial charge on any atom is 0.142 e. The summed E-state index contributed by atoms with van der Waals surface area (Å²) in [6.07, 6.45) is 0.241. The molecule has 2 aromatic rings. The van der Waals surface area contributed by atoms with Crippen LogP contribution in [0.1, 0.15) is 5.82 Å². The molecule has 64 valence electrons. The number of nitrogens with zero attached hydrogens (tertiary/aromatic N) is 3. The number of fused-ring (bicyclic) bond motifs is 1. The number of benzene rings is 1. The summed E-state index contributed by atoms with van der Waals surface area (Å²) < 4.78 is 1.46. The van der Waals surface area contributed by atoms with Crippen LogP contribution in [-0.4, -0.2) is 9.66 Å². The summed E-state index contributed by atoms with van der Waals surface area (Å²) in [6, 6.07) is 9.56. The highest BCUT2D eigenvalue weighted by molar-refractivity contribution is 5.75. The van der Waals surface area contributed by atoms with Crippen molar-refractivity contribution in [3.05, 3.63) is 30.1 Å². The smallest absolute Gasteiger partial charge is 0.142 e. The van der Waals surface area contributed by atoms with Crippen molar-refractivity contribution in [2.45, 2.75) is 6.42 Å². The van der Waals surface area contributed by atoms with Gasteiger partial charge in [0.25, 0.3) is 0 Å². The van der Waals surface area contributed by atoms with Crippen LogP contribution < -0.4 is 5.84 Å². The van der Waals surface area contributed by atoms with Crippen molar-refractivity contribution in [1.82, 2.24) is 9.66 Å². The number of aromatic nitrogens is 2. The topological polar surface area (TPSA) is 67.6 Å². The fourth-order valence-corrected chi connectivity index (χ4v) is 1.29. The second-order valence-electron chi connectivity index (χ2n) is 2.72. The summed E-state index contributed by atoms with van der Waals surface area (Å²) in [5.41, 5.74) is 1.68. The Labute approximate surface area is 75.2 Å². The van der Waals surface area contributed by atoms with Gasteiger partial charge in [0.2, 0.25) is 0 Å². The van der Waals surface area contributed by atoms with E-state index in [4.69, 9.17) is 11.1 Å². The summed E-state index contributed by atoms with van der Waals surface area (Å²) >= 11 is 0. The maximum absolute atomic E-state index is 8.51. The van der Waals surface area contributed by atoms with Gasteiger partial charge in [-0.1, -0.05) is 12.1 Å². The van der Waals surface area contributed by atoms with Gasteiger partial charge in [-0.2, -0.15) is 5.26 Å². The van der Waals surface area contributed by atoms with Gasteiger partial charge in [0.15, 0.2) is 0 Å².